The molecule has 0 unspecified atom stereocenters. The molecule has 29 heavy (non-hydrogen) atoms. The summed E-state index contributed by atoms with van der Waals surface area (Å²) in [6.07, 6.45) is 0. The molecule has 4 rings (SSSR count). The van der Waals surface area contributed by atoms with E-state index in [1.807, 2.05) is 48.5 Å². The quantitative estimate of drug-likeness (QED) is 0.700. The van der Waals surface area contributed by atoms with Gasteiger partial charge >= 0.3 is 0 Å². The van der Waals surface area contributed by atoms with Crippen LogP contribution in [-0.2, 0) is 15.8 Å². The molecule has 1 amide bonds. The van der Waals surface area contributed by atoms with Crippen molar-refractivity contribution < 1.29 is 13.2 Å². The number of aromatic nitrogens is 2. The lowest BCUT2D eigenvalue weighted by atomic mass is 10.1. The van der Waals surface area contributed by atoms with E-state index in [2.05, 4.69) is 10.2 Å². The highest BCUT2D eigenvalue weighted by molar-refractivity contribution is 7.88. The van der Waals surface area contributed by atoms with Crippen LogP contribution in [0.3, 0.4) is 0 Å². The first-order valence-electron chi connectivity index (χ1n) is 9.45. The molecule has 1 aliphatic heterocycles. The lowest BCUT2D eigenvalue weighted by Crippen LogP contribution is -2.50. The molecular weight excluding hydrogens is 388 g/mol. The average molecular weight is 410 g/mol. The predicted octanol–water partition coefficient (Wildman–Crippen LogP) is 2.36. The summed E-state index contributed by atoms with van der Waals surface area (Å²) in [5, 5.41) is 7.03. The molecule has 1 N–H and O–H groups in total. The van der Waals surface area contributed by atoms with Crippen molar-refractivity contribution in [2.24, 2.45) is 0 Å². The molecule has 2 heterocycles. The fourth-order valence-corrected chi connectivity index (χ4v) is 4.92. The zero-order valence-electron chi connectivity index (χ0n) is 15.9. The van der Waals surface area contributed by atoms with Crippen molar-refractivity contribution in [1.29, 1.82) is 0 Å². The molecule has 7 nitrogen and oxygen atoms in total. The van der Waals surface area contributed by atoms with Crippen molar-refractivity contribution in [2.45, 2.75) is 5.75 Å². The lowest BCUT2D eigenvalue weighted by molar-refractivity contribution is 0.0692. The Labute approximate surface area is 170 Å². The summed E-state index contributed by atoms with van der Waals surface area (Å²) < 4.78 is 26.8. The van der Waals surface area contributed by atoms with Crippen LogP contribution in [0.25, 0.3) is 11.3 Å². The number of hydrogen-bond donors (Lipinski definition) is 1. The number of nitrogens with one attached hydrogen (secondary N) is 1. The summed E-state index contributed by atoms with van der Waals surface area (Å²) in [5.41, 5.74) is 2.80. The third-order valence-electron chi connectivity index (χ3n) is 4.99. The van der Waals surface area contributed by atoms with E-state index in [1.165, 1.54) is 4.31 Å². The number of amides is 1. The van der Waals surface area contributed by atoms with Crippen LogP contribution in [0.2, 0.25) is 0 Å². The van der Waals surface area contributed by atoms with Gasteiger partial charge in [0.05, 0.1) is 11.4 Å². The van der Waals surface area contributed by atoms with Gasteiger partial charge in [-0.15, -0.1) is 0 Å². The van der Waals surface area contributed by atoms with Crippen LogP contribution in [-0.4, -0.2) is 59.9 Å². The van der Waals surface area contributed by atoms with E-state index in [0.29, 0.717) is 37.6 Å². The molecule has 3 aromatic rings. The maximum atomic E-state index is 12.8. The van der Waals surface area contributed by atoms with Crippen LogP contribution in [0.4, 0.5) is 0 Å². The maximum Gasteiger partial charge on any atom is 0.271 e. The number of benzene rings is 2. The van der Waals surface area contributed by atoms with E-state index in [9.17, 15) is 13.2 Å². The molecule has 0 aliphatic carbocycles. The molecule has 0 atom stereocenters. The summed E-state index contributed by atoms with van der Waals surface area (Å²) in [6.45, 7) is 1.29. The number of aromatic amines is 1. The summed E-state index contributed by atoms with van der Waals surface area (Å²) in [6, 6.07) is 20.5. The molecule has 0 saturated carbocycles. The summed E-state index contributed by atoms with van der Waals surface area (Å²) >= 11 is 0. The molecule has 1 aliphatic rings. The zero-order chi connectivity index (χ0) is 20.3. The maximum absolute atomic E-state index is 12.8. The SMILES string of the molecule is O=C(c1cc(-c2ccccc2)n[nH]1)N1CCN(S(=O)(=O)Cc2ccccc2)CC1. The number of hydrogen-bond acceptors (Lipinski definition) is 4. The number of sulfonamides is 1. The van der Waals surface area contributed by atoms with Crippen LogP contribution < -0.4 is 0 Å². The highest BCUT2D eigenvalue weighted by Gasteiger charge is 2.30. The normalized spacial score (nSPS) is 15.4. The van der Waals surface area contributed by atoms with Crippen molar-refractivity contribution >= 4 is 15.9 Å². The number of carbonyl (C=O) groups is 1. The van der Waals surface area contributed by atoms with Crippen molar-refractivity contribution in [2.75, 3.05) is 26.2 Å². The topological polar surface area (TPSA) is 86.4 Å². The predicted molar refractivity (Wildman–Crippen MR) is 111 cm³/mol. The first-order chi connectivity index (χ1) is 14.0. The molecule has 0 radical (unpaired) electrons. The Morgan fingerprint density at radius 1 is 0.931 bits per heavy atom. The van der Waals surface area contributed by atoms with Crippen LogP contribution in [0.15, 0.2) is 66.7 Å². The van der Waals surface area contributed by atoms with E-state index in [0.717, 1.165) is 11.1 Å². The molecule has 0 bridgehead atoms. The third-order valence-corrected chi connectivity index (χ3v) is 6.84. The molecule has 1 fully saturated rings. The first-order valence-corrected chi connectivity index (χ1v) is 11.1. The van der Waals surface area contributed by atoms with Crippen LogP contribution in [0.5, 0.6) is 0 Å². The second-order valence-corrected chi connectivity index (χ2v) is 8.93. The fourth-order valence-electron chi connectivity index (χ4n) is 3.40. The smallest absolute Gasteiger partial charge is 0.271 e. The summed E-state index contributed by atoms with van der Waals surface area (Å²) in [5.74, 6) is -0.192. The fraction of sp³-hybridized carbons (Fsp3) is 0.238. The van der Waals surface area contributed by atoms with Crippen molar-refractivity contribution in [1.82, 2.24) is 19.4 Å². The van der Waals surface area contributed by atoms with E-state index in [-0.39, 0.29) is 11.7 Å². The molecular formula is C21H22N4O3S. The van der Waals surface area contributed by atoms with Gasteiger partial charge in [0.2, 0.25) is 10.0 Å². The van der Waals surface area contributed by atoms with E-state index < -0.39 is 10.0 Å². The molecule has 0 spiro atoms. The minimum absolute atomic E-state index is 0.0250. The Bertz CT molecular complexity index is 1070. The Morgan fingerprint density at radius 3 is 2.21 bits per heavy atom. The minimum Gasteiger partial charge on any atom is -0.335 e. The zero-order valence-corrected chi connectivity index (χ0v) is 16.7. The molecule has 150 valence electrons. The summed E-state index contributed by atoms with van der Waals surface area (Å²) in [4.78, 5) is 14.4. The minimum atomic E-state index is -3.41. The van der Waals surface area contributed by atoms with E-state index >= 15 is 0 Å². The van der Waals surface area contributed by atoms with Crippen LogP contribution >= 0.6 is 0 Å². The number of rotatable bonds is 5. The van der Waals surface area contributed by atoms with Gasteiger partial charge < -0.3 is 4.90 Å². The van der Waals surface area contributed by atoms with Crippen LogP contribution in [0.1, 0.15) is 16.1 Å². The Kier molecular flexibility index (Phi) is 5.46. The molecule has 8 heteroatoms. The second-order valence-electron chi connectivity index (χ2n) is 6.97. The Morgan fingerprint density at radius 2 is 1.55 bits per heavy atom. The molecule has 2 aromatic carbocycles. The average Bonchev–Trinajstić information content (AvgIpc) is 3.25. The number of nitrogens with zero attached hydrogens (tertiary/aromatic N) is 3. The van der Waals surface area contributed by atoms with Gasteiger partial charge in [-0.1, -0.05) is 60.7 Å². The van der Waals surface area contributed by atoms with Crippen molar-refractivity contribution in [3.05, 3.63) is 78.0 Å². The van der Waals surface area contributed by atoms with Crippen LogP contribution in [0, 0.1) is 0 Å². The van der Waals surface area contributed by atoms with Gasteiger partial charge in [-0.2, -0.15) is 9.40 Å². The van der Waals surface area contributed by atoms with Crippen molar-refractivity contribution in [3.63, 3.8) is 0 Å². The third kappa shape index (κ3) is 4.38. The standard InChI is InChI=1S/C21H22N4O3S/c26-21(20-15-19(22-23-20)18-9-5-2-6-10-18)24-11-13-25(14-12-24)29(27,28)16-17-7-3-1-4-8-17/h1-10,15H,11-14,16H2,(H,22,23). The number of carbonyl (C=O) groups excluding carboxylic acids is 1. The highest BCUT2D eigenvalue weighted by Crippen LogP contribution is 2.19. The monoisotopic (exact) mass is 410 g/mol. The Balaban J connectivity index is 1.38. The van der Waals surface area contributed by atoms with Gasteiger partial charge in [0.1, 0.15) is 5.69 Å². The van der Waals surface area contributed by atoms with E-state index in [1.54, 1.807) is 23.1 Å². The number of piperazine rings is 1. The van der Waals surface area contributed by atoms with Gasteiger partial charge in [0.15, 0.2) is 0 Å². The van der Waals surface area contributed by atoms with Crippen molar-refractivity contribution in [3.8, 4) is 11.3 Å². The van der Waals surface area contributed by atoms with E-state index in [4.69, 9.17) is 0 Å². The molecule has 1 saturated heterocycles. The number of H-pyrrole nitrogens is 1. The van der Waals surface area contributed by atoms with Gasteiger partial charge in [0.25, 0.3) is 5.91 Å². The second kappa shape index (κ2) is 8.18. The Hall–Kier alpha value is -2.97. The summed E-state index contributed by atoms with van der Waals surface area (Å²) in [7, 11) is -3.41. The van der Waals surface area contributed by atoms with Gasteiger partial charge in [-0.25, -0.2) is 8.42 Å². The van der Waals surface area contributed by atoms with Gasteiger partial charge in [-0.3, -0.25) is 9.89 Å². The largest absolute Gasteiger partial charge is 0.335 e. The van der Waals surface area contributed by atoms with Gasteiger partial charge in [-0.05, 0) is 11.6 Å². The molecule has 1 aromatic heterocycles. The lowest BCUT2D eigenvalue weighted by Gasteiger charge is -2.33. The first kappa shape index (κ1) is 19.4. The highest BCUT2D eigenvalue weighted by atomic mass is 32.2. The van der Waals surface area contributed by atoms with Gasteiger partial charge in [0, 0.05) is 31.7 Å².